The van der Waals surface area contributed by atoms with E-state index in [1.54, 1.807) is 0 Å². The summed E-state index contributed by atoms with van der Waals surface area (Å²) in [7, 11) is 1.94. The highest BCUT2D eigenvalue weighted by molar-refractivity contribution is 5.94. The number of carbonyl (C=O) groups excluding carboxylic acids is 1. The number of ether oxygens (including phenoxy) is 1. The third-order valence-corrected chi connectivity index (χ3v) is 4.54. The van der Waals surface area contributed by atoms with Crippen molar-refractivity contribution in [3.05, 3.63) is 59.7 Å². The van der Waals surface area contributed by atoms with Crippen molar-refractivity contribution in [2.24, 2.45) is 0 Å². The summed E-state index contributed by atoms with van der Waals surface area (Å²) in [6, 6.07) is 16.0. The maximum absolute atomic E-state index is 12.6. The molecule has 4 heteroatoms. The number of para-hydroxylation sites is 2. The molecule has 0 spiro atoms. The number of nitrogens with zero attached hydrogens (tertiary/aromatic N) is 1. The number of likely N-dealkylation sites (N-methyl/N-ethyl adjacent to an activating group) is 1. The Kier molecular flexibility index (Phi) is 7.86. The van der Waals surface area contributed by atoms with Gasteiger partial charge < -0.3 is 10.1 Å². The van der Waals surface area contributed by atoms with Crippen LogP contribution in [0, 0.1) is 0 Å². The first-order valence-corrected chi connectivity index (χ1v) is 9.67. The Morgan fingerprint density at radius 3 is 2.11 bits per heavy atom. The quantitative estimate of drug-likeness (QED) is 0.686. The zero-order valence-corrected chi connectivity index (χ0v) is 17.2. The lowest BCUT2D eigenvalue weighted by Crippen LogP contribution is -2.33. The van der Waals surface area contributed by atoms with E-state index in [9.17, 15) is 4.79 Å². The molecule has 0 radical (unpaired) electrons. The van der Waals surface area contributed by atoms with Gasteiger partial charge in [-0.3, -0.25) is 9.69 Å². The molecule has 0 heterocycles. The number of benzene rings is 2. The van der Waals surface area contributed by atoms with E-state index >= 15 is 0 Å². The molecule has 2 aromatic carbocycles. The van der Waals surface area contributed by atoms with Gasteiger partial charge in [0.2, 0.25) is 5.91 Å². The number of rotatable bonds is 9. The van der Waals surface area contributed by atoms with E-state index in [0.717, 1.165) is 11.4 Å². The fourth-order valence-electron chi connectivity index (χ4n) is 3.03. The van der Waals surface area contributed by atoms with Crippen LogP contribution in [-0.4, -0.2) is 37.6 Å². The molecule has 0 fully saturated rings. The first kappa shape index (κ1) is 21.0. The van der Waals surface area contributed by atoms with E-state index in [-0.39, 0.29) is 5.91 Å². The first-order chi connectivity index (χ1) is 12.9. The highest BCUT2D eigenvalue weighted by Crippen LogP contribution is 2.32. The minimum Gasteiger partial charge on any atom is -0.492 e. The van der Waals surface area contributed by atoms with Crippen LogP contribution in [0.15, 0.2) is 48.5 Å². The van der Waals surface area contributed by atoms with E-state index < -0.39 is 0 Å². The van der Waals surface area contributed by atoms with Gasteiger partial charge in [0.1, 0.15) is 12.4 Å². The van der Waals surface area contributed by atoms with Gasteiger partial charge in [-0.2, -0.15) is 0 Å². The molecule has 27 heavy (non-hydrogen) atoms. The largest absolute Gasteiger partial charge is 0.492 e. The zero-order valence-electron chi connectivity index (χ0n) is 17.2. The van der Waals surface area contributed by atoms with Crippen LogP contribution in [0.3, 0.4) is 0 Å². The third-order valence-electron chi connectivity index (χ3n) is 4.54. The van der Waals surface area contributed by atoms with E-state index in [2.05, 4.69) is 51.2 Å². The van der Waals surface area contributed by atoms with Crippen molar-refractivity contribution < 1.29 is 9.53 Å². The molecule has 0 unspecified atom stereocenters. The standard InChI is InChI=1S/C23H32N2O2/c1-17(2)20-12-9-13-21(18(3)4)23(20)24-22(26)16-25(5)14-15-27-19-10-7-6-8-11-19/h6-13,17-18H,14-16H2,1-5H3,(H,24,26). The number of nitrogens with one attached hydrogen (secondary N) is 1. The van der Waals surface area contributed by atoms with Gasteiger partial charge in [-0.1, -0.05) is 64.1 Å². The van der Waals surface area contributed by atoms with Crippen molar-refractivity contribution in [1.82, 2.24) is 4.90 Å². The molecule has 0 aromatic heterocycles. The van der Waals surface area contributed by atoms with Crippen LogP contribution in [0.5, 0.6) is 5.75 Å². The Balaban J connectivity index is 1.93. The van der Waals surface area contributed by atoms with E-state index in [1.165, 1.54) is 11.1 Å². The normalized spacial score (nSPS) is 11.3. The summed E-state index contributed by atoms with van der Waals surface area (Å²) in [4.78, 5) is 14.6. The second-order valence-corrected chi connectivity index (χ2v) is 7.57. The van der Waals surface area contributed by atoms with Crippen LogP contribution < -0.4 is 10.1 Å². The SMILES string of the molecule is CC(C)c1cccc(C(C)C)c1NC(=O)CN(C)CCOc1ccccc1. The molecule has 0 bridgehead atoms. The van der Waals surface area contributed by atoms with Crippen molar-refractivity contribution in [3.8, 4) is 5.75 Å². The van der Waals surface area contributed by atoms with Gasteiger partial charge in [0.05, 0.1) is 6.54 Å². The smallest absolute Gasteiger partial charge is 0.238 e. The predicted molar refractivity (Wildman–Crippen MR) is 113 cm³/mol. The number of hydrogen-bond acceptors (Lipinski definition) is 3. The molecule has 0 saturated heterocycles. The summed E-state index contributed by atoms with van der Waals surface area (Å²) in [5.41, 5.74) is 3.34. The van der Waals surface area contributed by atoms with Crippen LogP contribution in [0.1, 0.15) is 50.7 Å². The van der Waals surface area contributed by atoms with Crippen LogP contribution in [-0.2, 0) is 4.79 Å². The van der Waals surface area contributed by atoms with Crippen LogP contribution in [0.25, 0.3) is 0 Å². The fourth-order valence-corrected chi connectivity index (χ4v) is 3.03. The average molecular weight is 369 g/mol. The molecular formula is C23H32N2O2. The molecule has 1 N–H and O–H groups in total. The second-order valence-electron chi connectivity index (χ2n) is 7.57. The Hall–Kier alpha value is -2.33. The van der Waals surface area contributed by atoms with E-state index in [1.807, 2.05) is 42.3 Å². The summed E-state index contributed by atoms with van der Waals surface area (Å²) in [6.45, 7) is 10.2. The number of hydrogen-bond donors (Lipinski definition) is 1. The highest BCUT2D eigenvalue weighted by Gasteiger charge is 2.16. The van der Waals surface area contributed by atoms with Gasteiger partial charge in [-0.15, -0.1) is 0 Å². The van der Waals surface area contributed by atoms with Gasteiger partial charge >= 0.3 is 0 Å². The zero-order chi connectivity index (χ0) is 19.8. The average Bonchev–Trinajstić information content (AvgIpc) is 2.62. The van der Waals surface area contributed by atoms with Crippen molar-refractivity contribution in [2.45, 2.75) is 39.5 Å². The molecular weight excluding hydrogens is 336 g/mol. The van der Waals surface area contributed by atoms with Gasteiger partial charge in [0.25, 0.3) is 0 Å². The monoisotopic (exact) mass is 368 g/mol. The third kappa shape index (κ3) is 6.40. The summed E-state index contributed by atoms with van der Waals surface area (Å²) in [5, 5.41) is 3.16. The maximum Gasteiger partial charge on any atom is 0.238 e. The van der Waals surface area contributed by atoms with Crippen molar-refractivity contribution in [2.75, 3.05) is 32.1 Å². The summed E-state index contributed by atoms with van der Waals surface area (Å²) in [5.74, 6) is 1.57. The maximum atomic E-state index is 12.6. The lowest BCUT2D eigenvalue weighted by molar-refractivity contribution is -0.117. The van der Waals surface area contributed by atoms with Gasteiger partial charge in [0, 0.05) is 12.2 Å². The van der Waals surface area contributed by atoms with Gasteiger partial charge in [0.15, 0.2) is 0 Å². The Labute approximate surface area is 163 Å². The minimum absolute atomic E-state index is 0.00668. The first-order valence-electron chi connectivity index (χ1n) is 9.67. The van der Waals surface area contributed by atoms with Crippen LogP contribution >= 0.6 is 0 Å². The lowest BCUT2D eigenvalue weighted by atomic mass is 9.92. The molecule has 0 aliphatic rings. The second kappa shape index (κ2) is 10.1. The number of amides is 1. The Morgan fingerprint density at radius 2 is 1.56 bits per heavy atom. The number of carbonyl (C=O) groups is 1. The summed E-state index contributed by atoms with van der Waals surface area (Å²) >= 11 is 0. The van der Waals surface area contributed by atoms with E-state index in [4.69, 9.17) is 4.74 Å². The van der Waals surface area contributed by atoms with Crippen molar-refractivity contribution >= 4 is 11.6 Å². The molecule has 4 nitrogen and oxygen atoms in total. The number of anilines is 1. The fraction of sp³-hybridized carbons (Fsp3) is 0.435. The molecule has 146 valence electrons. The Morgan fingerprint density at radius 1 is 0.963 bits per heavy atom. The van der Waals surface area contributed by atoms with E-state index in [0.29, 0.717) is 31.5 Å². The molecule has 0 aliphatic carbocycles. The summed E-state index contributed by atoms with van der Waals surface area (Å²) in [6.07, 6.45) is 0. The molecule has 2 aromatic rings. The van der Waals surface area contributed by atoms with Crippen LogP contribution in [0.4, 0.5) is 5.69 Å². The van der Waals surface area contributed by atoms with Crippen molar-refractivity contribution in [3.63, 3.8) is 0 Å². The molecule has 0 aliphatic heterocycles. The Bertz CT molecular complexity index is 700. The van der Waals surface area contributed by atoms with Gasteiger partial charge in [-0.05, 0) is 42.1 Å². The van der Waals surface area contributed by atoms with Gasteiger partial charge in [-0.25, -0.2) is 0 Å². The topological polar surface area (TPSA) is 41.6 Å². The lowest BCUT2D eigenvalue weighted by Gasteiger charge is -2.22. The van der Waals surface area contributed by atoms with Crippen molar-refractivity contribution in [1.29, 1.82) is 0 Å². The molecule has 0 atom stereocenters. The minimum atomic E-state index is 0.00668. The molecule has 1 amide bonds. The summed E-state index contributed by atoms with van der Waals surface area (Å²) < 4.78 is 5.70. The highest BCUT2D eigenvalue weighted by atomic mass is 16.5. The molecule has 2 rings (SSSR count). The predicted octanol–water partition coefficient (Wildman–Crippen LogP) is 4.88. The van der Waals surface area contributed by atoms with Crippen LogP contribution in [0.2, 0.25) is 0 Å². The molecule has 0 saturated carbocycles.